The monoisotopic (exact) mass is 580 g/mol. The summed E-state index contributed by atoms with van der Waals surface area (Å²) in [6.45, 7) is 5.13. The molecule has 43 heavy (non-hydrogen) atoms. The van der Waals surface area contributed by atoms with Crippen molar-refractivity contribution in [2.75, 3.05) is 43.4 Å². The molecule has 3 aromatic carbocycles. The molecule has 11 nitrogen and oxygen atoms in total. The maximum Gasteiger partial charge on any atom is 0.260 e. The number of methoxy groups -OCH3 is 2. The van der Waals surface area contributed by atoms with Crippen molar-refractivity contribution in [3.8, 4) is 11.5 Å². The molecule has 220 valence electrons. The molecular formula is C32H32N6O5. The largest absolute Gasteiger partial charge is 0.497 e. The van der Waals surface area contributed by atoms with Gasteiger partial charge in [0.05, 0.1) is 26.0 Å². The van der Waals surface area contributed by atoms with Gasteiger partial charge >= 0.3 is 0 Å². The lowest BCUT2D eigenvalue weighted by atomic mass is 10.2. The van der Waals surface area contributed by atoms with Crippen molar-refractivity contribution in [1.29, 1.82) is 0 Å². The minimum atomic E-state index is -0.317. The molecule has 0 aliphatic carbocycles. The number of ether oxygens (including phenoxy) is 3. The number of amides is 2. The van der Waals surface area contributed by atoms with Crippen LogP contribution in [0.25, 0.3) is 0 Å². The highest BCUT2D eigenvalue weighted by atomic mass is 16.5. The van der Waals surface area contributed by atoms with Crippen LogP contribution in [0.1, 0.15) is 21.6 Å². The summed E-state index contributed by atoms with van der Waals surface area (Å²) in [4.78, 5) is 36.6. The number of nitrogens with one attached hydrogen (secondary N) is 3. The van der Waals surface area contributed by atoms with Gasteiger partial charge in [0.2, 0.25) is 11.9 Å². The molecule has 0 saturated heterocycles. The lowest BCUT2D eigenvalue weighted by molar-refractivity contribution is -0.111. The van der Waals surface area contributed by atoms with E-state index in [0.29, 0.717) is 66.5 Å². The maximum absolute atomic E-state index is 13.7. The Hall–Kier alpha value is -5.42. The van der Waals surface area contributed by atoms with E-state index in [1.165, 1.54) is 6.08 Å². The van der Waals surface area contributed by atoms with Crippen LogP contribution in [0.4, 0.5) is 28.8 Å². The van der Waals surface area contributed by atoms with Gasteiger partial charge in [-0.15, -0.1) is 0 Å². The fourth-order valence-electron chi connectivity index (χ4n) is 4.49. The van der Waals surface area contributed by atoms with Crippen LogP contribution in [-0.2, 0) is 22.6 Å². The Kier molecular flexibility index (Phi) is 9.13. The average Bonchev–Trinajstić information content (AvgIpc) is 3.33. The number of nitrogens with zero attached hydrogens (tertiary/aromatic N) is 3. The highest BCUT2D eigenvalue weighted by Crippen LogP contribution is 2.32. The second kappa shape index (κ2) is 13.5. The molecule has 0 saturated carbocycles. The first kappa shape index (κ1) is 29.1. The number of aromatic nitrogens is 2. The van der Waals surface area contributed by atoms with Crippen LogP contribution >= 0.6 is 0 Å². The zero-order valence-corrected chi connectivity index (χ0v) is 23.9. The first-order valence-electron chi connectivity index (χ1n) is 13.6. The maximum atomic E-state index is 13.7. The van der Waals surface area contributed by atoms with E-state index in [2.05, 4.69) is 22.5 Å². The smallest absolute Gasteiger partial charge is 0.260 e. The first-order chi connectivity index (χ1) is 20.9. The highest BCUT2D eigenvalue weighted by Gasteiger charge is 2.33. The normalized spacial score (nSPS) is 12.0. The Morgan fingerprint density at radius 3 is 2.40 bits per heavy atom. The number of carbonyl (C=O) groups is 2. The Morgan fingerprint density at radius 2 is 1.67 bits per heavy atom. The van der Waals surface area contributed by atoms with Gasteiger partial charge < -0.3 is 35.1 Å². The van der Waals surface area contributed by atoms with Crippen molar-refractivity contribution in [2.45, 2.75) is 13.1 Å². The molecule has 4 aromatic rings. The number of hydrogen-bond acceptors (Lipinski definition) is 9. The molecular weight excluding hydrogens is 548 g/mol. The first-order valence-corrected chi connectivity index (χ1v) is 13.6. The van der Waals surface area contributed by atoms with Crippen LogP contribution in [0, 0.1) is 0 Å². The molecule has 0 radical (unpaired) electrons. The third-order valence-electron chi connectivity index (χ3n) is 6.60. The van der Waals surface area contributed by atoms with Gasteiger partial charge in [-0.2, -0.15) is 4.98 Å². The fourth-order valence-corrected chi connectivity index (χ4v) is 4.49. The van der Waals surface area contributed by atoms with Crippen LogP contribution in [0.3, 0.4) is 0 Å². The summed E-state index contributed by atoms with van der Waals surface area (Å²) in [6, 6.07) is 22.1. The fraction of sp³-hybridized carbons (Fsp3) is 0.188. The second-order valence-corrected chi connectivity index (χ2v) is 9.62. The summed E-state index contributed by atoms with van der Waals surface area (Å²) in [6.07, 6.45) is 1.20. The molecule has 0 bridgehead atoms. The summed E-state index contributed by atoms with van der Waals surface area (Å²) in [5.74, 6) is 1.63. The topological polar surface area (TPSA) is 127 Å². The van der Waals surface area contributed by atoms with E-state index in [-0.39, 0.29) is 11.8 Å². The van der Waals surface area contributed by atoms with Gasteiger partial charge in [0, 0.05) is 30.7 Å². The minimum absolute atomic E-state index is 0.173. The predicted molar refractivity (Wildman–Crippen MR) is 164 cm³/mol. The van der Waals surface area contributed by atoms with E-state index in [0.717, 1.165) is 17.0 Å². The summed E-state index contributed by atoms with van der Waals surface area (Å²) in [7, 11) is 3.24. The van der Waals surface area contributed by atoms with Gasteiger partial charge in [0.15, 0.2) is 0 Å². The van der Waals surface area contributed by atoms with Gasteiger partial charge in [-0.3, -0.25) is 9.59 Å². The van der Waals surface area contributed by atoms with Gasteiger partial charge in [0.25, 0.3) is 5.91 Å². The van der Waals surface area contributed by atoms with Crippen LogP contribution < -0.4 is 25.4 Å². The van der Waals surface area contributed by atoms with Crippen molar-refractivity contribution < 1.29 is 23.8 Å². The third kappa shape index (κ3) is 7.27. The van der Waals surface area contributed by atoms with E-state index >= 15 is 0 Å². The van der Waals surface area contributed by atoms with Crippen LogP contribution in [0.15, 0.2) is 85.5 Å². The molecule has 0 atom stereocenters. The Bertz CT molecular complexity index is 1610. The van der Waals surface area contributed by atoms with Crippen molar-refractivity contribution in [3.63, 3.8) is 0 Å². The summed E-state index contributed by atoms with van der Waals surface area (Å²) < 4.78 is 16.0. The average molecular weight is 581 g/mol. The van der Waals surface area contributed by atoms with E-state index < -0.39 is 0 Å². The van der Waals surface area contributed by atoms with Crippen molar-refractivity contribution in [3.05, 3.63) is 102 Å². The lowest BCUT2D eigenvalue weighted by Crippen LogP contribution is -2.23. The van der Waals surface area contributed by atoms with Crippen molar-refractivity contribution >= 4 is 40.6 Å². The van der Waals surface area contributed by atoms with E-state index in [1.807, 2.05) is 54.6 Å². The quantitative estimate of drug-likeness (QED) is 0.143. The third-order valence-corrected chi connectivity index (χ3v) is 6.60. The Labute approximate surface area is 249 Å². The van der Waals surface area contributed by atoms with Crippen LogP contribution in [0.2, 0.25) is 0 Å². The second-order valence-electron chi connectivity index (χ2n) is 9.62. The van der Waals surface area contributed by atoms with Crippen molar-refractivity contribution in [2.24, 2.45) is 0 Å². The van der Waals surface area contributed by atoms with E-state index in [9.17, 15) is 9.59 Å². The number of benzene rings is 3. The summed E-state index contributed by atoms with van der Waals surface area (Å²) >= 11 is 0. The van der Waals surface area contributed by atoms with Gasteiger partial charge in [0.1, 0.15) is 29.5 Å². The number of anilines is 5. The number of carbonyl (C=O) groups excluding carboxylic acids is 2. The molecule has 2 heterocycles. The van der Waals surface area contributed by atoms with Gasteiger partial charge in [-0.05, 0) is 66.2 Å². The summed E-state index contributed by atoms with van der Waals surface area (Å²) in [5.41, 5.74) is 3.93. The summed E-state index contributed by atoms with van der Waals surface area (Å²) in [5, 5.41) is 9.24. The molecule has 0 unspecified atom stereocenters. The SMILES string of the molecule is C=CC(=O)Nc1cccc(Nc2nc3c(c(Nc4ccc(OCCOC)cc4)n2)C(=O)N(Cc2ccc(OC)cc2)C3)c1. The number of fused-ring (bicyclic) bond motifs is 1. The van der Waals surface area contributed by atoms with E-state index in [4.69, 9.17) is 24.2 Å². The molecule has 1 aliphatic heterocycles. The molecule has 5 rings (SSSR count). The van der Waals surface area contributed by atoms with Crippen LogP contribution in [-0.4, -0.2) is 54.1 Å². The molecule has 0 spiro atoms. The molecule has 1 aromatic heterocycles. The number of rotatable bonds is 13. The predicted octanol–water partition coefficient (Wildman–Crippen LogP) is 5.28. The minimum Gasteiger partial charge on any atom is -0.497 e. The zero-order chi connectivity index (χ0) is 30.2. The van der Waals surface area contributed by atoms with Crippen molar-refractivity contribution in [1.82, 2.24) is 14.9 Å². The molecule has 0 fully saturated rings. The van der Waals surface area contributed by atoms with Gasteiger partial charge in [-0.25, -0.2) is 4.98 Å². The van der Waals surface area contributed by atoms with E-state index in [1.54, 1.807) is 37.3 Å². The lowest BCUT2D eigenvalue weighted by Gasteiger charge is -2.16. The molecule has 3 N–H and O–H groups in total. The zero-order valence-electron chi connectivity index (χ0n) is 23.9. The highest BCUT2D eigenvalue weighted by molar-refractivity contribution is 6.03. The number of hydrogen-bond donors (Lipinski definition) is 3. The molecule has 1 aliphatic rings. The molecule has 2 amide bonds. The standard InChI is InChI=1S/C32H32N6O5/c1-4-28(39)33-23-6-5-7-24(18-23)35-32-36-27-20-38(19-21-8-12-25(42-3)13-9-21)31(40)29(27)30(37-32)34-22-10-14-26(15-11-22)43-17-16-41-2/h4-15,18H,1,16-17,19-20H2,2-3H3,(H,33,39)(H2,34,35,36,37). The van der Waals surface area contributed by atoms with Gasteiger partial charge in [-0.1, -0.05) is 24.8 Å². The van der Waals surface area contributed by atoms with Crippen LogP contribution in [0.5, 0.6) is 11.5 Å². The Balaban J connectivity index is 1.42. The molecule has 11 heteroatoms. The Morgan fingerprint density at radius 1 is 0.930 bits per heavy atom.